The lowest BCUT2D eigenvalue weighted by Gasteiger charge is -1.97. The molecule has 0 aliphatic carbocycles. The standard InChI is InChI=1S/C10H6ClN5O2/c11-5-3-12-2-1-4(5)7-13-6-8(14-7)15-10(18)16-9(6)17/h1-3H,(H3,13,14,15,16,17,18). The lowest BCUT2D eigenvalue weighted by molar-refractivity contribution is 1.07. The topological polar surface area (TPSA) is 107 Å². The van der Waals surface area contributed by atoms with Crippen LogP contribution in [0.5, 0.6) is 0 Å². The third kappa shape index (κ3) is 1.61. The number of H-pyrrole nitrogens is 3. The Balaban J connectivity index is 2.33. The lowest BCUT2D eigenvalue weighted by Crippen LogP contribution is -2.21. The van der Waals surface area contributed by atoms with E-state index in [9.17, 15) is 9.59 Å². The third-order valence-corrected chi connectivity index (χ3v) is 2.72. The third-order valence-electron chi connectivity index (χ3n) is 2.42. The summed E-state index contributed by atoms with van der Waals surface area (Å²) in [5.74, 6) is 0.393. The Bertz CT molecular complexity index is 847. The highest BCUT2D eigenvalue weighted by Gasteiger charge is 2.11. The second kappa shape index (κ2) is 3.81. The summed E-state index contributed by atoms with van der Waals surface area (Å²) in [6.07, 6.45) is 3.03. The summed E-state index contributed by atoms with van der Waals surface area (Å²) < 4.78 is 0. The van der Waals surface area contributed by atoms with E-state index in [4.69, 9.17) is 11.6 Å². The van der Waals surface area contributed by atoms with E-state index in [0.29, 0.717) is 16.4 Å². The van der Waals surface area contributed by atoms with E-state index >= 15 is 0 Å². The molecule has 8 heteroatoms. The molecule has 0 atom stereocenters. The normalized spacial score (nSPS) is 10.9. The van der Waals surface area contributed by atoms with Crippen LogP contribution < -0.4 is 11.2 Å². The minimum atomic E-state index is -0.605. The van der Waals surface area contributed by atoms with Gasteiger partial charge in [-0.1, -0.05) is 11.6 Å². The number of nitrogens with one attached hydrogen (secondary N) is 3. The number of halogens is 1. The van der Waals surface area contributed by atoms with Crippen LogP contribution in [0.3, 0.4) is 0 Å². The second-order valence-electron chi connectivity index (χ2n) is 3.57. The SMILES string of the molecule is O=c1[nH]c(=O)c2[nH]c(-c3ccncc3Cl)nc2[nH]1. The first-order valence-electron chi connectivity index (χ1n) is 4.97. The summed E-state index contributed by atoms with van der Waals surface area (Å²) in [6.45, 7) is 0. The van der Waals surface area contributed by atoms with Gasteiger partial charge in [0.15, 0.2) is 5.65 Å². The van der Waals surface area contributed by atoms with Crippen LogP contribution in [0.4, 0.5) is 0 Å². The van der Waals surface area contributed by atoms with Crippen molar-refractivity contribution in [2.45, 2.75) is 0 Å². The summed E-state index contributed by atoms with van der Waals surface area (Å²) in [5.41, 5.74) is -0.156. The van der Waals surface area contributed by atoms with E-state index in [1.165, 1.54) is 6.20 Å². The van der Waals surface area contributed by atoms with Gasteiger partial charge in [-0.15, -0.1) is 0 Å². The molecule has 3 heterocycles. The maximum Gasteiger partial charge on any atom is 0.327 e. The van der Waals surface area contributed by atoms with Gasteiger partial charge in [0.25, 0.3) is 5.56 Å². The van der Waals surface area contributed by atoms with Crippen LogP contribution in [0, 0.1) is 0 Å². The molecule has 0 aliphatic rings. The highest BCUT2D eigenvalue weighted by atomic mass is 35.5. The molecule has 90 valence electrons. The van der Waals surface area contributed by atoms with E-state index in [2.05, 4.69) is 24.9 Å². The van der Waals surface area contributed by atoms with Gasteiger partial charge in [-0.3, -0.25) is 19.7 Å². The van der Waals surface area contributed by atoms with Crippen molar-refractivity contribution in [3.8, 4) is 11.4 Å². The van der Waals surface area contributed by atoms with Gasteiger partial charge < -0.3 is 4.98 Å². The zero-order chi connectivity index (χ0) is 12.7. The average molecular weight is 264 g/mol. The first kappa shape index (κ1) is 10.7. The Kier molecular flexibility index (Phi) is 2.27. The summed E-state index contributed by atoms with van der Waals surface area (Å²) in [5, 5.41) is 0.398. The van der Waals surface area contributed by atoms with Gasteiger partial charge in [0.1, 0.15) is 11.3 Å². The largest absolute Gasteiger partial charge is 0.332 e. The molecule has 0 saturated heterocycles. The van der Waals surface area contributed by atoms with Crippen molar-refractivity contribution in [1.29, 1.82) is 0 Å². The van der Waals surface area contributed by atoms with Gasteiger partial charge in [0.2, 0.25) is 0 Å². The fourth-order valence-corrected chi connectivity index (χ4v) is 1.84. The van der Waals surface area contributed by atoms with E-state index in [0.717, 1.165) is 0 Å². The molecule has 0 amide bonds. The predicted octanol–water partition coefficient (Wildman–Crippen LogP) is 0.655. The number of imidazole rings is 1. The molecule has 0 spiro atoms. The fourth-order valence-electron chi connectivity index (χ4n) is 1.63. The number of aromatic amines is 3. The van der Waals surface area contributed by atoms with E-state index in [1.54, 1.807) is 12.3 Å². The number of hydrogen-bond acceptors (Lipinski definition) is 4. The second-order valence-corrected chi connectivity index (χ2v) is 3.98. The van der Waals surface area contributed by atoms with Gasteiger partial charge >= 0.3 is 5.69 Å². The molecule has 3 aromatic rings. The predicted molar refractivity (Wildman–Crippen MR) is 65.6 cm³/mol. The molecular weight excluding hydrogens is 258 g/mol. The van der Waals surface area contributed by atoms with Crippen molar-refractivity contribution in [3.05, 3.63) is 44.3 Å². The first-order valence-corrected chi connectivity index (χ1v) is 5.35. The minimum Gasteiger partial charge on any atom is -0.332 e. The number of pyridine rings is 1. The average Bonchev–Trinajstić information content (AvgIpc) is 2.73. The number of hydrogen-bond donors (Lipinski definition) is 3. The highest BCUT2D eigenvalue weighted by molar-refractivity contribution is 6.33. The van der Waals surface area contributed by atoms with Crippen molar-refractivity contribution in [1.82, 2.24) is 24.9 Å². The molecule has 18 heavy (non-hydrogen) atoms. The maximum absolute atomic E-state index is 11.5. The zero-order valence-corrected chi connectivity index (χ0v) is 9.58. The molecule has 0 fully saturated rings. The first-order chi connectivity index (χ1) is 8.65. The van der Waals surface area contributed by atoms with Crippen LogP contribution >= 0.6 is 11.6 Å². The van der Waals surface area contributed by atoms with E-state index in [-0.39, 0.29) is 11.2 Å². The van der Waals surface area contributed by atoms with Crippen LogP contribution in [-0.4, -0.2) is 24.9 Å². The van der Waals surface area contributed by atoms with Crippen LogP contribution in [0.25, 0.3) is 22.6 Å². The molecule has 3 rings (SSSR count). The van der Waals surface area contributed by atoms with Crippen molar-refractivity contribution < 1.29 is 0 Å². The van der Waals surface area contributed by atoms with Gasteiger partial charge in [-0.05, 0) is 6.07 Å². The number of rotatable bonds is 1. The number of fused-ring (bicyclic) bond motifs is 1. The van der Waals surface area contributed by atoms with Gasteiger partial charge in [0.05, 0.1) is 5.02 Å². The van der Waals surface area contributed by atoms with Crippen molar-refractivity contribution >= 4 is 22.8 Å². The van der Waals surface area contributed by atoms with E-state index < -0.39 is 11.2 Å². The molecule has 0 aromatic carbocycles. The Morgan fingerprint density at radius 3 is 2.78 bits per heavy atom. The summed E-state index contributed by atoms with van der Waals surface area (Å²) in [6, 6.07) is 1.66. The molecule has 0 bridgehead atoms. The Hall–Kier alpha value is -2.41. The summed E-state index contributed by atoms with van der Waals surface area (Å²) >= 11 is 5.98. The Morgan fingerprint density at radius 2 is 2.00 bits per heavy atom. The van der Waals surface area contributed by atoms with Gasteiger partial charge in [-0.25, -0.2) is 9.78 Å². The van der Waals surface area contributed by atoms with Crippen molar-refractivity contribution in [3.63, 3.8) is 0 Å². The van der Waals surface area contributed by atoms with Gasteiger partial charge in [-0.2, -0.15) is 0 Å². The van der Waals surface area contributed by atoms with Crippen LogP contribution in [0.15, 0.2) is 28.0 Å². The summed E-state index contributed by atoms with van der Waals surface area (Å²) in [4.78, 5) is 38.0. The van der Waals surface area contributed by atoms with Crippen molar-refractivity contribution in [2.24, 2.45) is 0 Å². The zero-order valence-electron chi connectivity index (χ0n) is 8.82. The van der Waals surface area contributed by atoms with Gasteiger partial charge in [0, 0.05) is 18.0 Å². The van der Waals surface area contributed by atoms with Crippen LogP contribution in [0.1, 0.15) is 0 Å². The number of nitrogens with zero attached hydrogens (tertiary/aromatic N) is 2. The smallest absolute Gasteiger partial charge is 0.327 e. The quantitative estimate of drug-likeness (QED) is 0.599. The molecule has 0 saturated carbocycles. The monoisotopic (exact) mass is 263 g/mol. The van der Waals surface area contributed by atoms with Crippen LogP contribution in [0.2, 0.25) is 5.02 Å². The minimum absolute atomic E-state index is 0.187. The van der Waals surface area contributed by atoms with Crippen LogP contribution in [-0.2, 0) is 0 Å². The van der Waals surface area contributed by atoms with E-state index in [1.807, 2.05) is 0 Å². The Labute approximate surface area is 104 Å². The molecule has 3 N–H and O–H groups in total. The molecule has 0 aliphatic heterocycles. The molecule has 3 aromatic heterocycles. The molecule has 7 nitrogen and oxygen atoms in total. The fraction of sp³-hybridized carbons (Fsp3) is 0. The van der Waals surface area contributed by atoms with Crippen molar-refractivity contribution in [2.75, 3.05) is 0 Å². The Morgan fingerprint density at radius 1 is 1.17 bits per heavy atom. The number of aromatic nitrogens is 5. The molecular formula is C10H6ClN5O2. The summed E-state index contributed by atoms with van der Waals surface area (Å²) in [7, 11) is 0. The molecule has 0 radical (unpaired) electrons. The lowest BCUT2D eigenvalue weighted by atomic mass is 10.2. The molecule has 0 unspecified atom stereocenters. The maximum atomic E-state index is 11.5. The highest BCUT2D eigenvalue weighted by Crippen LogP contribution is 2.24.